The number of halogens is 2. The summed E-state index contributed by atoms with van der Waals surface area (Å²) in [6.07, 6.45) is 0. The molecule has 0 N–H and O–H groups in total. The van der Waals surface area contributed by atoms with Gasteiger partial charge in [-0.25, -0.2) is 0 Å². The Morgan fingerprint density at radius 2 is 1.14 bits per heavy atom. The molecule has 0 radical (unpaired) electrons. The molecule has 0 aromatic heterocycles. The summed E-state index contributed by atoms with van der Waals surface area (Å²) < 4.78 is 1.09. The predicted molar refractivity (Wildman–Crippen MR) is 64.6 cm³/mol. The van der Waals surface area contributed by atoms with E-state index < -0.39 is 0 Å². The molecule has 0 fully saturated rings. The topological polar surface area (TPSA) is 0 Å². The van der Waals surface area contributed by atoms with E-state index in [0.29, 0.717) is 0 Å². The molecule has 0 saturated carbocycles. The maximum Gasteiger partial charge on any atom is 0.0406 e. The van der Waals surface area contributed by atoms with E-state index in [0.717, 1.165) is 9.50 Å². The predicted octanol–water partition coefficient (Wildman–Crippen LogP) is 4.77. The normalized spacial score (nSPS) is 10.1. The summed E-state index contributed by atoms with van der Waals surface area (Å²) in [6.45, 7) is 0. The summed E-state index contributed by atoms with van der Waals surface area (Å²) in [5.41, 5.74) is 2.38. The van der Waals surface area contributed by atoms with Gasteiger partial charge in [0.25, 0.3) is 0 Å². The number of benzene rings is 2. The van der Waals surface area contributed by atoms with Gasteiger partial charge in [0.1, 0.15) is 0 Å². The van der Waals surface area contributed by atoms with Crippen LogP contribution < -0.4 is 0 Å². The Morgan fingerprint density at radius 3 is 1.64 bits per heavy atom. The summed E-state index contributed by atoms with van der Waals surface area (Å²) in [5.74, 6) is 0. The molecule has 2 aromatic rings. The van der Waals surface area contributed by atoms with Crippen LogP contribution in [0.5, 0.6) is 0 Å². The van der Waals surface area contributed by atoms with Crippen molar-refractivity contribution in [1.82, 2.24) is 0 Å². The molecule has 0 unspecified atom stereocenters. The highest BCUT2D eigenvalue weighted by Crippen LogP contribution is 2.23. The van der Waals surface area contributed by atoms with E-state index in [4.69, 9.17) is 11.6 Å². The van der Waals surface area contributed by atoms with E-state index in [1.54, 1.807) is 0 Å². The maximum atomic E-state index is 5.82. The van der Waals surface area contributed by atoms with Crippen molar-refractivity contribution in [3.63, 3.8) is 0 Å². The van der Waals surface area contributed by atoms with Gasteiger partial charge in [0.15, 0.2) is 0 Å². The average molecular weight is 268 g/mol. The van der Waals surface area contributed by atoms with Crippen molar-refractivity contribution in [2.75, 3.05) is 0 Å². The molecular weight excluding hydrogens is 259 g/mol. The number of rotatable bonds is 1. The van der Waals surface area contributed by atoms with Crippen LogP contribution in [0.2, 0.25) is 5.02 Å². The van der Waals surface area contributed by atoms with Gasteiger partial charge in [-0.1, -0.05) is 51.8 Å². The van der Waals surface area contributed by atoms with Gasteiger partial charge in [-0.05, 0) is 35.4 Å². The van der Waals surface area contributed by atoms with E-state index >= 15 is 0 Å². The lowest BCUT2D eigenvalue weighted by atomic mass is 10.1. The molecule has 2 heteroatoms. The first-order valence-electron chi connectivity index (χ1n) is 4.27. The van der Waals surface area contributed by atoms with Gasteiger partial charge in [0.05, 0.1) is 0 Å². The van der Waals surface area contributed by atoms with Crippen molar-refractivity contribution < 1.29 is 0 Å². The second-order valence-electron chi connectivity index (χ2n) is 3.01. The molecule has 0 heterocycles. The molecule has 2 rings (SSSR count). The zero-order valence-corrected chi connectivity index (χ0v) is 9.72. The van der Waals surface area contributed by atoms with Gasteiger partial charge in [0, 0.05) is 9.50 Å². The minimum Gasteiger partial charge on any atom is -0.0843 e. The Hall–Kier alpha value is -0.790. The van der Waals surface area contributed by atoms with Crippen LogP contribution in [0.1, 0.15) is 0 Å². The van der Waals surface area contributed by atoms with Crippen LogP contribution in [0.4, 0.5) is 0 Å². The summed E-state index contributed by atoms with van der Waals surface area (Å²) >= 11 is 9.23. The lowest BCUT2D eigenvalue weighted by Gasteiger charge is -2.01. The van der Waals surface area contributed by atoms with Gasteiger partial charge in [-0.15, -0.1) is 0 Å². The Kier molecular flexibility index (Phi) is 2.90. The second-order valence-corrected chi connectivity index (χ2v) is 4.37. The SMILES string of the molecule is Clc1ccc(-c2ccc(Br)cc2)cc1. The van der Waals surface area contributed by atoms with Crippen LogP contribution in [-0.4, -0.2) is 0 Å². The Balaban J connectivity index is 2.40. The summed E-state index contributed by atoms with van der Waals surface area (Å²) in [7, 11) is 0. The van der Waals surface area contributed by atoms with Crippen LogP contribution in [0.15, 0.2) is 53.0 Å². The van der Waals surface area contributed by atoms with Crippen LogP contribution >= 0.6 is 27.5 Å². The Bertz CT molecular complexity index is 374. The second kappa shape index (κ2) is 4.16. The largest absolute Gasteiger partial charge is 0.0843 e. The van der Waals surface area contributed by atoms with Gasteiger partial charge in [-0.3, -0.25) is 0 Å². The number of hydrogen-bond acceptors (Lipinski definition) is 0. The summed E-state index contributed by atoms with van der Waals surface area (Å²) in [6, 6.07) is 16.1. The molecular formula is C12H8BrCl. The third kappa shape index (κ3) is 2.17. The van der Waals surface area contributed by atoms with Crippen LogP contribution in [0, 0.1) is 0 Å². The lowest BCUT2D eigenvalue weighted by molar-refractivity contribution is 1.59. The van der Waals surface area contributed by atoms with Crippen LogP contribution in [0.25, 0.3) is 11.1 Å². The number of hydrogen-bond donors (Lipinski definition) is 0. The van der Waals surface area contributed by atoms with Gasteiger partial charge in [0.2, 0.25) is 0 Å². The Labute approximate surface area is 96.7 Å². The van der Waals surface area contributed by atoms with Crippen molar-refractivity contribution in [3.8, 4) is 11.1 Å². The third-order valence-electron chi connectivity index (χ3n) is 2.02. The summed E-state index contributed by atoms with van der Waals surface area (Å²) in [5, 5.41) is 0.769. The van der Waals surface area contributed by atoms with Crippen molar-refractivity contribution in [3.05, 3.63) is 58.0 Å². The first kappa shape index (κ1) is 9.75. The van der Waals surface area contributed by atoms with E-state index in [1.165, 1.54) is 11.1 Å². The first-order chi connectivity index (χ1) is 6.75. The molecule has 14 heavy (non-hydrogen) atoms. The molecule has 2 aromatic carbocycles. The van der Waals surface area contributed by atoms with Crippen LogP contribution in [-0.2, 0) is 0 Å². The molecule has 0 amide bonds. The van der Waals surface area contributed by atoms with E-state index in [1.807, 2.05) is 36.4 Å². The van der Waals surface area contributed by atoms with Gasteiger partial charge in [-0.2, -0.15) is 0 Å². The van der Waals surface area contributed by atoms with Crippen molar-refractivity contribution >= 4 is 27.5 Å². The molecule has 0 atom stereocenters. The molecule has 0 spiro atoms. The third-order valence-corrected chi connectivity index (χ3v) is 2.80. The highest BCUT2D eigenvalue weighted by molar-refractivity contribution is 9.10. The van der Waals surface area contributed by atoms with Gasteiger partial charge < -0.3 is 0 Å². The highest BCUT2D eigenvalue weighted by atomic mass is 79.9. The monoisotopic (exact) mass is 266 g/mol. The summed E-state index contributed by atoms with van der Waals surface area (Å²) in [4.78, 5) is 0. The maximum absolute atomic E-state index is 5.82. The molecule has 0 nitrogen and oxygen atoms in total. The molecule has 0 aliphatic heterocycles. The fourth-order valence-electron chi connectivity index (χ4n) is 1.28. The standard InChI is InChI=1S/C12H8BrCl/c13-11-5-1-9(2-6-11)10-3-7-12(14)8-4-10/h1-8H. The average Bonchev–Trinajstić information content (AvgIpc) is 2.21. The van der Waals surface area contributed by atoms with Gasteiger partial charge >= 0.3 is 0 Å². The van der Waals surface area contributed by atoms with E-state index in [2.05, 4.69) is 28.1 Å². The zero-order valence-electron chi connectivity index (χ0n) is 7.37. The fourth-order valence-corrected chi connectivity index (χ4v) is 1.67. The molecule has 0 saturated heterocycles. The van der Waals surface area contributed by atoms with E-state index in [9.17, 15) is 0 Å². The quantitative estimate of drug-likeness (QED) is 0.698. The lowest BCUT2D eigenvalue weighted by Crippen LogP contribution is -1.76. The van der Waals surface area contributed by atoms with Crippen molar-refractivity contribution in [2.45, 2.75) is 0 Å². The Morgan fingerprint density at radius 1 is 0.714 bits per heavy atom. The molecule has 0 aliphatic rings. The van der Waals surface area contributed by atoms with Crippen LogP contribution in [0.3, 0.4) is 0 Å². The highest BCUT2D eigenvalue weighted by Gasteiger charge is 1.96. The van der Waals surface area contributed by atoms with Crippen molar-refractivity contribution in [2.24, 2.45) is 0 Å². The minimum atomic E-state index is 0.769. The smallest absolute Gasteiger partial charge is 0.0406 e. The minimum absolute atomic E-state index is 0.769. The molecule has 0 aliphatic carbocycles. The fraction of sp³-hybridized carbons (Fsp3) is 0. The first-order valence-corrected chi connectivity index (χ1v) is 5.44. The molecule has 70 valence electrons. The van der Waals surface area contributed by atoms with Crippen molar-refractivity contribution in [1.29, 1.82) is 0 Å². The molecule has 0 bridgehead atoms. The zero-order chi connectivity index (χ0) is 9.97. The van der Waals surface area contributed by atoms with E-state index in [-0.39, 0.29) is 0 Å².